The van der Waals surface area contributed by atoms with Crippen molar-refractivity contribution in [2.24, 2.45) is 4.99 Å². The molecule has 0 saturated carbocycles. The molecule has 0 bridgehead atoms. The van der Waals surface area contributed by atoms with E-state index in [1.54, 1.807) is 0 Å². The van der Waals surface area contributed by atoms with Crippen molar-refractivity contribution in [1.82, 2.24) is 14.5 Å². The third kappa shape index (κ3) is 4.03. The van der Waals surface area contributed by atoms with Crippen molar-refractivity contribution in [3.05, 3.63) is 181 Å². The highest BCUT2D eigenvalue weighted by Crippen LogP contribution is 2.48. The Kier molecular flexibility index (Phi) is 5.96. The molecule has 12 rings (SSSR count). The van der Waals surface area contributed by atoms with Crippen LogP contribution in [0.4, 0.5) is 0 Å². The van der Waals surface area contributed by atoms with Gasteiger partial charge in [0.25, 0.3) is 0 Å². The Morgan fingerprint density at radius 3 is 2.04 bits per heavy atom. The molecule has 248 valence electrons. The van der Waals surface area contributed by atoms with E-state index in [1.807, 2.05) is 11.3 Å². The van der Waals surface area contributed by atoms with Gasteiger partial charge < -0.3 is 9.88 Å². The van der Waals surface area contributed by atoms with E-state index in [4.69, 9.17) is 4.99 Å². The summed E-state index contributed by atoms with van der Waals surface area (Å²) in [5, 5.41) is 14.0. The SMILES string of the molecule is C1=CC2=C(c3ccccc3)N=C(n3c4ccccc4c4cc(-n5c6ccccc6c6c7ccccc7c7c8ccccc8sc7c65)ccc43)NC2C=C1. The van der Waals surface area contributed by atoms with Crippen molar-refractivity contribution in [3.63, 3.8) is 0 Å². The van der Waals surface area contributed by atoms with Crippen molar-refractivity contribution < 1.29 is 0 Å². The van der Waals surface area contributed by atoms with Gasteiger partial charge in [0.05, 0.1) is 38.5 Å². The molecule has 2 aliphatic rings. The summed E-state index contributed by atoms with van der Waals surface area (Å²) in [6.45, 7) is 0. The van der Waals surface area contributed by atoms with Crippen LogP contribution in [0, 0.1) is 0 Å². The summed E-state index contributed by atoms with van der Waals surface area (Å²) in [6.07, 6.45) is 8.62. The maximum atomic E-state index is 5.38. The zero-order chi connectivity index (χ0) is 34.6. The quantitative estimate of drug-likeness (QED) is 0.192. The summed E-state index contributed by atoms with van der Waals surface area (Å²) in [5.41, 5.74) is 9.15. The molecule has 1 aliphatic carbocycles. The molecule has 0 saturated heterocycles. The molecule has 0 fully saturated rings. The lowest BCUT2D eigenvalue weighted by Crippen LogP contribution is -2.42. The third-order valence-corrected chi connectivity index (χ3v) is 12.3. The average molecular weight is 695 g/mol. The molecule has 53 heavy (non-hydrogen) atoms. The van der Waals surface area contributed by atoms with Crippen LogP contribution in [0.3, 0.4) is 0 Å². The van der Waals surface area contributed by atoms with Crippen LogP contribution in [0.2, 0.25) is 0 Å². The van der Waals surface area contributed by atoms with Crippen LogP contribution in [0.15, 0.2) is 180 Å². The van der Waals surface area contributed by atoms with Crippen LogP contribution >= 0.6 is 11.3 Å². The molecular formula is C48H30N4S. The molecule has 1 atom stereocenters. The van der Waals surface area contributed by atoms with Gasteiger partial charge in [-0.05, 0) is 47.2 Å². The Morgan fingerprint density at radius 2 is 1.21 bits per heavy atom. The summed E-state index contributed by atoms with van der Waals surface area (Å²) in [5.74, 6) is 0.826. The zero-order valence-electron chi connectivity index (χ0n) is 28.5. The number of aliphatic imine (C=N–C) groups is 1. The monoisotopic (exact) mass is 694 g/mol. The number of fused-ring (bicyclic) bond motifs is 14. The maximum absolute atomic E-state index is 5.38. The molecule has 1 unspecified atom stereocenters. The Balaban J connectivity index is 1.16. The number of hydrogen-bond donors (Lipinski definition) is 1. The minimum Gasteiger partial charge on any atom is -0.345 e. The van der Waals surface area contributed by atoms with Gasteiger partial charge in [-0.15, -0.1) is 11.3 Å². The smallest absolute Gasteiger partial charge is 0.209 e. The first-order valence-electron chi connectivity index (χ1n) is 18.1. The largest absolute Gasteiger partial charge is 0.345 e. The minimum atomic E-state index is 0.0225. The topological polar surface area (TPSA) is 34.2 Å². The van der Waals surface area contributed by atoms with Crippen LogP contribution in [-0.4, -0.2) is 21.1 Å². The van der Waals surface area contributed by atoms with Gasteiger partial charge in [0.15, 0.2) is 0 Å². The van der Waals surface area contributed by atoms with Gasteiger partial charge >= 0.3 is 0 Å². The second-order valence-electron chi connectivity index (χ2n) is 13.9. The minimum absolute atomic E-state index is 0.0225. The fourth-order valence-electron chi connectivity index (χ4n) is 8.90. The molecule has 1 aliphatic heterocycles. The van der Waals surface area contributed by atoms with Gasteiger partial charge in [-0.3, -0.25) is 4.57 Å². The van der Waals surface area contributed by atoms with Crippen LogP contribution in [0.25, 0.3) is 85.9 Å². The highest BCUT2D eigenvalue weighted by molar-refractivity contribution is 7.27. The van der Waals surface area contributed by atoms with E-state index in [9.17, 15) is 0 Å². The first-order chi connectivity index (χ1) is 26.3. The van der Waals surface area contributed by atoms with Crippen LogP contribution < -0.4 is 5.32 Å². The Bertz CT molecular complexity index is 3310. The van der Waals surface area contributed by atoms with E-state index in [0.29, 0.717) is 0 Å². The first-order valence-corrected chi connectivity index (χ1v) is 18.9. The van der Waals surface area contributed by atoms with Crippen molar-refractivity contribution >= 4 is 97.5 Å². The normalized spacial score (nSPS) is 15.8. The van der Waals surface area contributed by atoms with Gasteiger partial charge in [0, 0.05) is 53.8 Å². The summed E-state index contributed by atoms with van der Waals surface area (Å²) in [6, 6.07) is 53.0. The maximum Gasteiger partial charge on any atom is 0.209 e. The van der Waals surface area contributed by atoms with Crippen molar-refractivity contribution in [1.29, 1.82) is 0 Å². The summed E-state index contributed by atoms with van der Waals surface area (Å²) in [4.78, 5) is 5.38. The van der Waals surface area contributed by atoms with Crippen molar-refractivity contribution in [3.8, 4) is 5.69 Å². The number of hydrogen-bond acceptors (Lipinski definition) is 3. The van der Waals surface area contributed by atoms with Gasteiger partial charge in [0.2, 0.25) is 5.96 Å². The molecule has 3 aromatic heterocycles. The van der Waals surface area contributed by atoms with Gasteiger partial charge in [0.1, 0.15) is 0 Å². The molecule has 0 amide bonds. The number of thiophene rings is 1. The number of nitrogens with one attached hydrogen (secondary N) is 1. The second kappa shape index (κ2) is 10.9. The zero-order valence-corrected chi connectivity index (χ0v) is 29.3. The highest BCUT2D eigenvalue weighted by Gasteiger charge is 2.27. The van der Waals surface area contributed by atoms with E-state index in [0.717, 1.165) is 33.9 Å². The second-order valence-corrected chi connectivity index (χ2v) is 15.0. The Morgan fingerprint density at radius 1 is 0.547 bits per heavy atom. The van der Waals surface area contributed by atoms with Crippen molar-refractivity contribution in [2.45, 2.75) is 6.04 Å². The number of allylic oxidation sites excluding steroid dienone is 2. The molecule has 4 nitrogen and oxygen atoms in total. The fourth-order valence-corrected chi connectivity index (χ4v) is 10.2. The summed E-state index contributed by atoms with van der Waals surface area (Å²) in [7, 11) is 0. The van der Waals surface area contributed by atoms with Gasteiger partial charge in [-0.2, -0.15) is 0 Å². The van der Waals surface area contributed by atoms with Gasteiger partial charge in [-0.25, -0.2) is 4.99 Å². The number of para-hydroxylation sites is 2. The van der Waals surface area contributed by atoms with E-state index in [1.165, 1.54) is 69.1 Å². The van der Waals surface area contributed by atoms with E-state index in [2.05, 4.69) is 184 Å². The van der Waals surface area contributed by atoms with Crippen LogP contribution in [-0.2, 0) is 0 Å². The molecule has 1 N–H and O–H groups in total. The lowest BCUT2D eigenvalue weighted by Gasteiger charge is -2.28. The lowest BCUT2D eigenvalue weighted by molar-refractivity contribution is 0.805. The Hall–Kier alpha value is -6.69. The molecule has 7 aromatic carbocycles. The predicted octanol–water partition coefficient (Wildman–Crippen LogP) is 12.1. The fraction of sp³-hybridized carbons (Fsp3) is 0.0208. The predicted molar refractivity (Wildman–Crippen MR) is 226 cm³/mol. The Labute approximate surface area is 308 Å². The third-order valence-electron chi connectivity index (χ3n) is 11.1. The number of rotatable bonds is 2. The molecular weight excluding hydrogens is 665 g/mol. The average Bonchev–Trinajstić information content (AvgIpc) is 3.89. The first kappa shape index (κ1) is 28.9. The highest BCUT2D eigenvalue weighted by atomic mass is 32.1. The number of nitrogens with zero attached hydrogens (tertiary/aromatic N) is 3. The number of aromatic nitrogens is 2. The molecule has 0 spiro atoms. The van der Waals surface area contributed by atoms with Crippen LogP contribution in [0.5, 0.6) is 0 Å². The van der Waals surface area contributed by atoms with Crippen molar-refractivity contribution in [2.75, 3.05) is 0 Å². The molecule has 5 heteroatoms. The van der Waals surface area contributed by atoms with Gasteiger partial charge in [-0.1, -0.05) is 133 Å². The number of benzene rings is 7. The van der Waals surface area contributed by atoms with E-state index in [-0.39, 0.29) is 6.04 Å². The summed E-state index contributed by atoms with van der Waals surface area (Å²) >= 11 is 1.90. The van der Waals surface area contributed by atoms with E-state index < -0.39 is 0 Å². The molecule has 10 aromatic rings. The molecule has 4 heterocycles. The summed E-state index contributed by atoms with van der Waals surface area (Å²) < 4.78 is 7.46. The van der Waals surface area contributed by atoms with Crippen LogP contribution in [0.1, 0.15) is 5.56 Å². The lowest BCUT2D eigenvalue weighted by atomic mass is 9.95. The standard InChI is InChI=1S/C48H30N4S/c1-2-14-29(15-3-1)45-34-19-6-10-22-38(34)49-48(50-45)52-39-23-11-7-16-31(39)37-28-30(26-27-41(37)52)51-40-24-12-8-20-35(40)43-32-17-4-5-18-33(32)44-36-21-9-13-25-42(36)53-47(44)46(43)51/h1-28,38H,(H,49,50). The van der Waals surface area contributed by atoms with E-state index >= 15 is 0 Å². The molecule has 0 radical (unpaired) electrons.